The van der Waals surface area contributed by atoms with Crippen LogP contribution in [0.25, 0.3) is 16.2 Å². The smallest absolute Gasteiger partial charge is 0.337 e. The Morgan fingerprint density at radius 3 is 2.68 bits per heavy atom. The van der Waals surface area contributed by atoms with E-state index in [1.54, 1.807) is 23.6 Å². The first kappa shape index (κ1) is 22.3. The van der Waals surface area contributed by atoms with E-state index in [0.717, 1.165) is 47.5 Å². The number of carbonyl (C=O) groups excluding carboxylic acids is 2. The molecule has 2 aromatic heterocycles. The Bertz CT molecular complexity index is 1210. The Morgan fingerprint density at radius 2 is 1.97 bits per heavy atom. The summed E-state index contributed by atoms with van der Waals surface area (Å²) < 4.78 is 20.1. The molecule has 1 fully saturated rings. The van der Waals surface area contributed by atoms with Gasteiger partial charge in [0, 0.05) is 44.0 Å². The summed E-state index contributed by atoms with van der Waals surface area (Å²) in [6.45, 7) is 5.70. The first-order valence-electron chi connectivity index (χ1n) is 11.0. The monoisotopic (exact) mass is 485 g/mol. The van der Waals surface area contributed by atoms with E-state index in [4.69, 9.17) is 4.74 Å². The van der Waals surface area contributed by atoms with Crippen LogP contribution in [0.3, 0.4) is 0 Å². The number of rotatable bonds is 6. The van der Waals surface area contributed by atoms with Crippen molar-refractivity contribution < 1.29 is 18.7 Å². The van der Waals surface area contributed by atoms with Crippen molar-refractivity contribution in [1.29, 1.82) is 0 Å². The molecule has 2 N–H and O–H groups in total. The van der Waals surface area contributed by atoms with E-state index in [-0.39, 0.29) is 25.0 Å². The van der Waals surface area contributed by atoms with Crippen LogP contribution in [0, 0.1) is 5.82 Å². The number of nitrogens with one attached hydrogen (secondary N) is 2. The second-order valence-electron chi connectivity index (χ2n) is 7.99. The number of carbonyl (C=O) groups is 2. The van der Waals surface area contributed by atoms with Crippen molar-refractivity contribution in [3.63, 3.8) is 0 Å². The largest absolute Gasteiger partial charge is 0.463 e. The highest BCUT2D eigenvalue weighted by Crippen LogP contribution is 2.27. The molecule has 0 bridgehead atoms. The fourth-order valence-corrected chi connectivity index (χ4v) is 4.91. The van der Waals surface area contributed by atoms with E-state index in [9.17, 15) is 14.0 Å². The van der Waals surface area contributed by atoms with Crippen LogP contribution in [0.15, 0.2) is 41.7 Å². The minimum absolute atomic E-state index is 0.165. The number of imidazole rings is 1. The van der Waals surface area contributed by atoms with E-state index in [2.05, 4.69) is 30.5 Å². The van der Waals surface area contributed by atoms with E-state index in [1.165, 1.54) is 23.5 Å². The van der Waals surface area contributed by atoms with Crippen molar-refractivity contribution in [3.05, 3.63) is 47.5 Å². The first-order valence-corrected chi connectivity index (χ1v) is 11.8. The van der Waals surface area contributed by atoms with Gasteiger partial charge in [-0.05, 0) is 31.2 Å². The van der Waals surface area contributed by atoms with Crippen LogP contribution >= 0.6 is 11.3 Å². The van der Waals surface area contributed by atoms with Crippen LogP contribution in [0.5, 0.6) is 0 Å². The SMILES string of the molecule is CCOC(=O)C1=C(CN2CCN(c3nn4cc(-c5ccc(F)cc5)nc4s3)CC2)NC(=O)NC1. The number of anilines is 1. The molecule has 10 nitrogen and oxygen atoms in total. The number of nitrogens with zero attached hydrogens (tertiary/aromatic N) is 5. The van der Waals surface area contributed by atoms with Crippen LogP contribution in [-0.4, -0.2) is 77.4 Å². The average molecular weight is 486 g/mol. The Balaban J connectivity index is 1.23. The topological polar surface area (TPSA) is 104 Å². The molecule has 3 aromatic rings. The van der Waals surface area contributed by atoms with Gasteiger partial charge in [0.25, 0.3) is 0 Å². The van der Waals surface area contributed by atoms with Crippen molar-refractivity contribution in [2.24, 2.45) is 0 Å². The van der Waals surface area contributed by atoms with Gasteiger partial charge in [-0.15, -0.1) is 5.10 Å². The second-order valence-corrected chi connectivity index (χ2v) is 8.93. The Labute approximate surface area is 199 Å². The third kappa shape index (κ3) is 4.59. The normalized spacial score (nSPS) is 17.1. The minimum atomic E-state index is -0.408. The number of benzene rings is 1. The molecular weight excluding hydrogens is 461 g/mol. The van der Waals surface area contributed by atoms with Gasteiger partial charge in [0.15, 0.2) is 0 Å². The van der Waals surface area contributed by atoms with E-state index in [1.807, 2.05) is 6.20 Å². The van der Waals surface area contributed by atoms with Crippen LogP contribution in [0.2, 0.25) is 0 Å². The Morgan fingerprint density at radius 1 is 1.21 bits per heavy atom. The predicted octanol–water partition coefficient (Wildman–Crippen LogP) is 1.85. The minimum Gasteiger partial charge on any atom is -0.463 e. The summed E-state index contributed by atoms with van der Waals surface area (Å²) in [5.41, 5.74) is 2.65. The maximum absolute atomic E-state index is 13.2. The molecule has 1 saturated heterocycles. The number of fused-ring (bicyclic) bond motifs is 1. The summed E-state index contributed by atoms with van der Waals surface area (Å²) in [5, 5.41) is 11.0. The number of hydrogen-bond acceptors (Lipinski definition) is 8. The van der Waals surface area contributed by atoms with E-state index < -0.39 is 5.97 Å². The molecule has 0 atom stereocenters. The van der Waals surface area contributed by atoms with E-state index in [0.29, 0.717) is 17.8 Å². The van der Waals surface area contributed by atoms with Gasteiger partial charge in [0.2, 0.25) is 10.1 Å². The summed E-state index contributed by atoms with van der Waals surface area (Å²) in [5.74, 6) is -0.685. The first-order chi connectivity index (χ1) is 16.5. The molecule has 0 radical (unpaired) electrons. The molecule has 0 saturated carbocycles. The van der Waals surface area contributed by atoms with Gasteiger partial charge in [-0.2, -0.15) is 0 Å². The fourth-order valence-electron chi connectivity index (χ4n) is 3.98. The summed E-state index contributed by atoms with van der Waals surface area (Å²) in [7, 11) is 0. The summed E-state index contributed by atoms with van der Waals surface area (Å²) in [6, 6.07) is 5.93. The predicted molar refractivity (Wildman–Crippen MR) is 125 cm³/mol. The molecule has 5 rings (SSSR count). The van der Waals surface area contributed by atoms with Crippen LogP contribution in [-0.2, 0) is 9.53 Å². The van der Waals surface area contributed by atoms with Crippen molar-refractivity contribution in [3.8, 4) is 11.3 Å². The molecular formula is C22H24FN7O3S. The molecule has 12 heteroatoms. The summed E-state index contributed by atoms with van der Waals surface area (Å²) in [6.07, 6.45) is 1.85. The Hall–Kier alpha value is -3.51. The lowest BCUT2D eigenvalue weighted by Crippen LogP contribution is -2.51. The van der Waals surface area contributed by atoms with E-state index >= 15 is 0 Å². The summed E-state index contributed by atoms with van der Waals surface area (Å²) >= 11 is 1.51. The third-order valence-electron chi connectivity index (χ3n) is 5.77. The molecule has 0 aliphatic carbocycles. The molecule has 2 aliphatic rings. The van der Waals surface area contributed by atoms with Gasteiger partial charge < -0.3 is 20.3 Å². The van der Waals surface area contributed by atoms with Gasteiger partial charge in [-0.1, -0.05) is 11.3 Å². The molecule has 0 unspecified atom stereocenters. The molecule has 1 aromatic carbocycles. The number of esters is 1. The second kappa shape index (κ2) is 9.39. The van der Waals surface area contributed by atoms with Gasteiger partial charge in [-0.25, -0.2) is 23.5 Å². The molecule has 0 spiro atoms. The lowest BCUT2D eigenvalue weighted by molar-refractivity contribution is -0.138. The number of urea groups is 1. The van der Waals surface area contributed by atoms with Crippen LogP contribution in [0.1, 0.15) is 6.92 Å². The Kier molecular flexibility index (Phi) is 6.16. The van der Waals surface area contributed by atoms with Crippen molar-refractivity contribution >= 4 is 33.4 Å². The van der Waals surface area contributed by atoms with Gasteiger partial charge in [0.05, 0.1) is 30.6 Å². The molecule has 34 heavy (non-hydrogen) atoms. The molecule has 178 valence electrons. The zero-order valence-corrected chi connectivity index (χ0v) is 19.4. The maximum atomic E-state index is 13.2. The van der Waals surface area contributed by atoms with Gasteiger partial charge >= 0.3 is 12.0 Å². The maximum Gasteiger partial charge on any atom is 0.337 e. The van der Waals surface area contributed by atoms with Crippen molar-refractivity contribution in [1.82, 2.24) is 30.1 Å². The van der Waals surface area contributed by atoms with Crippen LogP contribution in [0.4, 0.5) is 14.3 Å². The number of amides is 2. The lowest BCUT2D eigenvalue weighted by Gasteiger charge is -2.35. The van der Waals surface area contributed by atoms with Crippen molar-refractivity contribution in [2.45, 2.75) is 6.92 Å². The molecule has 4 heterocycles. The van der Waals surface area contributed by atoms with Gasteiger partial charge in [-0.3, -0.25) is 4.90 Å². The quantitative estimate of drug-likeness (QED) is 0.514. The lowest BCUT2D eigenvalue weighted by atomic mass is 10.1. The highest BCUT2D eigenvalue weighted by atomic mass is 32.1. The fraction of sp³-hybridized carbons (Fsp3) is 0.364. The molecule has 2 amide bonds. The third-order valence-corrected chi connectivity index (χ3v) is 6.76. The number of hydrogen-bond donors (Lipinski definition) is 2. The van der Waals surface area contributed by atoms with Gasteiger partial charge in [0.1, 0.15) is 5.82 Å². The molecule has 2 aliphatic heterocycles. The zero-order valence-electron chi connectivity index (χ0n) is 18.6. The summed E-state index contributed by atoms with van der Waals surface area (Å²) in [4.78, 5) is 33.9. The number of aromatic nitrogens is 3. The highest BCUT2D eigenvalue weighted by Gasteiger charge is 2.27. The highest BCUT2D eigenvalue weighted by molar-refractivity contribution is 7.20. The van der Waals surface area contributed by atoms with Crippen LogP contribution < -0.4 is 15.5 Å². The number of piperazine rings is 1. The zero-order chi connectivity index (χ0) is 23.7. The standard InChI is InChI=1S/C22H24FN7O3S/c1-2-33-19(31)16-11-24-20(32)25-18(16)12-28-7-9-29(10-8-28)22-27-30-13-17(26-21(30)34-22)14-3-5-15(23)6-4-14/h3-6,13H,2,7-12H2,1H3,(H2,24,25,32). The number of halogens is 1. The van der Waals surface area contributed by atoms with Crippen molar-refractivity contribution in [2.75, 3.05) is 50.8 Å². The average Bonchev–Trinajstić information content (AvgIpc) is 3.40. The number of ether oxygens (including phenoxy) is 1.